The van der Waals surface area contributed by atoms with Crippen LogP contribution in [0.25, 0.3) is 0 Å². The molecule has 0 radical (unpaired) electrons. The maximum atomic E-state index is 6.23. The maximum absolute atomic E-state index is 6.23. The number of aryl methyl sites for hydroxylation is 1. The van der Waals surface area contributed by atoms with Crippen molar-refractivity contribution >= 4 is 22.9 Å². The Balaban J connectivity index is 1.98. The molecule has 1 fully saturated rings. The fraction of sp³-hybridized carbons (Fsp3) is 0.750. The quantitative estimate of drug-likeness (QED) is 0.715. The molecule has 3 unspecified atom stereocenters. The summed E-state index contributed by atoms with van der Waals surface area (Å²) in [7, 11) is 0. The molecule has 0 saturated heterocycles. The van der Waals surface area contributed by atoms with Crippen LogP contribution in [-0.4, -0.2) is 10.4 Å². The zero-order valence-corrected chi connectivity index (χ0v) is 10.9. The molecule has 1 aliphatic rings. The molecule has 1 nitrogen and oxygen atoms in total. The van der Waals surface area contributed by atoms with Crippen molar-refractivity contribution < 1.29 is 0 Å². The van der Waals surface area contributed by atoms with E-state index >= 15 is 0 Å². The number of hydrogen-bond donors (Lipinski definition) is 0. The molecule has 1 saturated carbocycles. The van der Waals surface area contributed by atoms with E-state index in [1.807, 2.05) is 17.5 Å². The van der Waals surface area contributed by atoms with Crippen LogP contribution in [0.1, 0.15) is 36.1 Å². The Morgan fingerprint density at radius 1 is 1.53 bits per heavy atom. The van der Waals surface area contributed by atoms with Gasteiger partial charge in [-0.3, -0.25) is 0 Å². The summed E-state index contributed by atoms with van der Waals surface area (Å²) in [6.07, 6.45) is 6.75. The predicted octanol–water partition coefficient (Wildman–Crippen LogP) is 4.04. The average Bonchev–Trinajstić information content (AvgIpc) is 2.58. The first-order chi connectivity index (χ1) is 7.15. The van der Waals surface area contributed by atoms with Crippen molar-refractivity contribution in [1.29, 1.82) is 0 Å². The van der Waals surface area contributed by atoms with Gasteiger partial charge < -0.3 is 0 Å². The van der Waals surface area contributed by atoms with Crippen LogP contribution in [0.2, 0.25) is 0 Å². The van der Waals surface area contributed by atoms with E-state index in [1.165, 1.54) is 29.1 Å². The Labute approximate surface area is 101 Å². The fourth-order valence-electron chi connectivity index (χ4n) is 2.36. The van der Waals surface area contributed by atoms with Crippen LogP contribution in [0.4, 0.5) is 0 Å². The van der Waals surface area contributed by atoms with Crippen molar-refractivity contribution in [2.24, 2.45) is 11.8 Å². The third kappa shape index (κ3) is 2.94. The van der Waals surface area contributed by atoms with Gasteiger partial charge in [-0.05, 0) is 38.0 Å². The smallest absolute Gasteiger partial charge is 0.0930 e. The van der Waals surface area contributed by atoms with Crippen LogP contribution in [0.3, 0.4) is 0 Å². The predicted molar refractivity (Wildman–Crippen MR) is 66.7 cm³/mol. The van der Waals surface area contributed by atoms with Crippen molar-refractivity contribution in [1.82, 2.24) is 4.98 Å². The highest BCUT2D eigenvalue weighted by Gasteiger charge is 2.27. The van der Waals surface area contributed by atoms with E-state index in [1.54, 1.807) is 0 Å². The minimum Gasteiger partial charge on any atom is -0.249 e. The molecule has 84 valence electrons. The largest absolute Gasteiger partial charge is 0.249 e. The van der Waals surface area contributed by atoms with E-state index in [0.29, 0.717) is 5.38 Å². The number of rotatable bonds is 2. The summed E-state index contributed by atoms with van der Waals surface area (Å²) in [5, 5.41) is 1.68. The molecule has 1 aromatic heterocycles. The van der Waals surface area contributed by atoms with E-state index in [0.717, 1.165) is 18.3 Å². The first-order valence-corrected chi connectivity index (χ1v) is 6.96. The first-order valence-electron chi connectivity index (χ1n) is 5.70. The normalized spacial score (nSPS) is 31.8. The van der Waals surface area contributed by atoms with Gasteiger partial charge in [-0.15, -0.1) is 22.9 Å². The van der Waals surface area contributed by atoms with E-state index in [2.05, 4.69) is 18.8 Å². The van der Waals surface area contributed by atoms with Gasteiger partial charge in [0.1, 0.15) is 0 Å². The van der Waals surface area contributed by atoms with Gasteiger partial charge in [-0.25, -0.2) is 4.98 Å². The van der Waals surface area contributed by atoms with Crippen molar-refractivity contribution in [3.05, 3.63) is 16.1 Å². The van der Waals surface area contributed by atoms with E-state index < -0.39 is 0 Å². The second-order valence-electron chi connectivity index (χ2n) is 4.72. The molecule has 1 heterocycles. The molecule has 0 N–H and O–H groups in total. The molecule has 0 amide bonds. The number of alkyl halides is 1. The molecule has 0 bridgehead atoms. The molecule has 0 aliphatic heterocycles. The average molecular weight is 244 g/mol. The minimum atomic E-state index is 0.396. The highest BCUT2D eigenvalue weighted by atomic mass is 35.5. The Kier molecular flexibility index (Phi) is 3.68. The maximum Gasteiger partial charge on any atom is 0.0930 e. The van der Waals surface area contributed by atoms with Gasteiger partial charge in [-0.2, -0.15) is 0 Å². The van der Waals surface area contributed by atoms with E-state index in [-0.39, 0.29) is 0 Å². The lowest BCUT2D eigenvalue weighted by Crippen LogP contribution is -2.24. The van der Waals surface area contributed by atoms with E-state index in [4.69, 9.17) is 11.6 Å². The molecule has 0 aromatic carbocycles. The number of aromatic nitrogens is 1. The third-order valence-corrected chi connectivity index (χ3v) is 4.74. The van der Waals surface area contributed by atoms with Gasteiger partial charge in [0.15, 0.2) is 0 Å². The van der Waals surface area contributed by atoms with Gasteiger partial charge >= 0.3 is 0 Å². The van der Waals surface area contributed by atoms with Gasteiger partial charge in [0.25, 0.3) is 0 Å². The zero-order chi connectivity index (χ0) is 10.8. The van der Waals surface area contributed by atoms with Crippen LogP contribution in [0.5, 0.6) is 0 Å². The minimum absolute atomic E-state index is 0.396. The molecular weight excluding hydrogens is 226 g/mol. The van der Waals surface area contributed by atoms with Crippen LogP contribution < -0.4 is 0 Å². The van der Waals surface area contributed by atoms with Gasteiger partial charge in [-0.1, -0.05) is 6.92 Å². The lowest BCUT2D eigenvalue weighted by molar-refractivity contribution is 0.258. The highest BCUT2D eigenvalue weighted by molar-refractivity contribution is 7.11. The Hall–Kier alpha value is -0.0800. The van der Waals surface area contributed by atoms with Crippen molar-refractivity contribution in [3.63, 3.8) is 0 Å². The van der Waals surface area contributed by atoms with Crippen LogP contribution in [0, 0.1) is 18.8 Å². The number of halogens is 1. The summed E-state index contributed by atoms with van der Waals surface area (Å²) in [6, 6.07) is 0. The SMILES string of the molecule is Cc1cnc(CC2CC(Cl)CCC2C)s1. The fourth-order valence-corrected chi connectivity index (χ4v) is 3.60. The Morgan fingerprint density at radius 2 is 2.33 bits per heavy atom. The molecule has 15 heavy (non-hydrogen) atoms. The summed E-state index contributed by atoms with van der Waals surface area (Å²) in [4.78, 5) is 5.76. The monoisotopic (exact) mass is 243 g/mol. The van der Waals surface area contributed by atoms with Crippen molar-refractivity contribution in [3.8, 4) is 0 Å². The molecule has 1 aliphatic carbocycles. The molecule has 3 atom stereocenters. The van der Waals surface area contributed by atoms with Gasteiger partial charge in [0.05, 0.1) is 5.01 Å². The van der Waals surface area contributed by atoms with Crippen LogP contribution in [-0.2, 0) is 6.42 Å². The summed E-state index contributed by atoms with van der Waals surface area (Å²) in [5.74, 6) is 1.55. The second-order valence-corrected chi connectivity index (χ2v) is 6.65. The Bertz CT molecular complexity index is 323. The standard InChI is InChI=1S/C12H18ClNS/c1-8-3-4-11(13)5-10(8)6-12-14-7-9(2)15-12/h7-8,10-11H,3-6H2,1-2H3. The number of thiazole rings is 1. The lowest BCUT2D eigenvalue weighted by atomic mass is 9.78. The van der Waals surface area contributed by atoms with Gasteiger partial charge in [0, 0.05) is 22.9 Å². The number of hydrogen-bond acceptors (Lipinski definition) is 2. The van der Waals surface area contributed by atoms with Crippen molar-refractivity contribution in [2.75, 3.05) is 0 Å². The second kappa shape index (κ2) is 4.84. The Morgan fingerprint density at radius 3 is 3.00 bits per heavy atom. The molecular formula is C12H18ClNS. The van der Waals surface area contributed by atoms with Crippen molar-refractivity contribution in [2.45, 2.75) is 44.9 Å². The molecule has 2 rings (SSSR count). The summed E-state index contributed by atoms with van der Waals surface area (Å²) >= 11 is 8.06. The number of nitrogens with zero attached hydrogens (tertiary/aromatic N) is 1. The van der Waals surface area contributed by atoms with Gasteiger partial charge in [0.2, 0.25) is 0 Å². The molecule has 1 aromatic rings. The zero-order valence-electron chi connectivity index (χ0n) is 9.37. The molecule has 3 heteroatoms. The third-order valence-electron chi connectivity index (χ3n) is 3.40. The lowest BCUT2D eigenvalue weighted by Gasteiger charge is -2.31. The van der Waals surface area contributed by atoms with E-state index in [9.17, 15) is 0 Å². The topological polar surface area (TPSA) is 12.9 Å². The molecule has 0 spiro atoms. The first kappa shape index (κ1) is 11.4. The van der Waals surface area contributed by atoms with Crippen LogP contribution in [0.15, 0.2) is 6.20 Å². The summed E-state index contributed by atoms with van der Waals surface area (Å²) in [5.41, 5.74) is 0. The highest BCUT2D eigenvalue weighted by Crippen LogP contribution is 2.35. The summed E-state index contributed by atoms with van der Waals surface area (Å²) < 4.78 is 0. The summed E-state index contributed by atoms with van der Waals surface area (Å²) in [6.45, 7) is 4.48. The van der Waals surface area contributed by atoms with Crippen LogP contribution >= 0.6 is 22.9 Å².